The summed E-state index contributed by atoms with van der Waals surface area (Å²) in [5, 5.41) is 10.2. The second kappa shape index (κ2) is 22.9. The van der Waals surface area contributed by atoms with Crippen LogP contribution in [0.25, 0.3) is 149 Å². The van der Waals surface area contributed by atoms with Crippen LogP contribution in [-0.4, -0.2) is 18.7 Å². The molecule has 89 heavy (non-hydrogen) atoms. The van der Waals surface area contributed by atoms with Gasteiger partial charge >= 0.3 is 0 Å². The lowest BCUT2D eigenvalue weighted by Crippen LogP contribution is -1.93. The molecule has 0 bridgehead atoms. The van der Waals surface area contributed by atoms with E-state index in [1.54, 1.807) is 0 Å². The van der Waals surface area contributed by atoms with Crippen molar-refractivity contribution in [1.29, 1.82) is 0 Å². The maximum absolute atomic E-state index is 3.53. The van der Waals surface area contributed by atoms with Gasteiger partial charge in [-0.25, -0.2) is 0 Å². The Morgan fingerprint density at radius 2 is 0.472 bits per heavy atom. The van der Waals surface area contributed by atoms with E-state index in [1.165, 1.54) is 149 Å². The van der Waals surface area contributed by atoms with Gasteiger partial charge in [0.25, 0.3) is 0 Å². The molecule has 0 radical (unpaired) electrons. The standard InChI is InChI=1S/C42H28N2.C30H20N2.C12H9Br/c1-3-11-29(12-4-1)30-19-23-34(24-20-30)44-40-18-10-8-16-36(40)38-28-32(22-26-42(38)44)31-21-25-41-37(27-31)35-15-7-9-17-39(35)43(41)33-13-5-2-6-14-33;1-2-8-22(9-3-1)32-29-13-7-5-11-24(29)26-19-21(15-17-30(26)32)20-14-16-28-25(18-20)23-10-4-6-12-27(23)31-28;13-12-8-6-11(7-9-12)10-4-2-1-3-5-10/h1-28H;1-19,31H;1-9H. The molecule has 0 amide bonds. The van der Waals surface area contributed by atoms with Crippen LogP contribution in [0.15, 0.2) is 344 Å². The molecule has 18 aromatic rings. The van der Waals surface area contributed by atoms with Gasteiger partial charge in [0.15, 0.2) is 0 Å². The summed E-state index contributed by atoms with van der Waals surface area (Å²) < 4.78 is 8.23. The van der Waals surface area contributed by atoms with Crippen molar-refractivity contribution in [1.82, 2.24) is 18.7 Å². The fourth-order valence-corrected chi connectivity index (χ4v) is 13.4. The maximum Gasteiger partial charge on any atom is 0.0541 e. The highest BCUT2D eigenvalue weighted by Gasteiger charge is 2.18. The number of para-hydroxylation sites is 6. The first kappa shape index (κ1) is 53.2. The van der Waals surface area contributed by atoms with E-state index >= 15 is 0 Å². The van der Waals surface area contributed by atoms with Crippen LogP contribution in [0, 0.1) is 0 Å². The molecule has 0 aliphatic carbocycles. The molecule has 4 aromatic heterocycles. The number of aromatic nitrogens is 4. The van der Waals surface area contributed by atoms with Gasteiger partial charge in [0.05, 0.1) is 33.1 Å². The zero-order chi connectivity index (χ0) is 59.2. The highest BCUT2D eigenvalue weighted by Crippen LogP contribution is 2.40. The van der Waals surface area contributed by atoms with Crippen molar-refractivity contribution in [3.8, 4) is 61.6 Å². The zero-order valence-electron chi connectivity index (χ0n) is 48.6. The van der Waals surface area contributed by atoms with Crippen molar-refractivity contribution >= 4 is 103 Å². The first-order valence-corrected chi connectivity index (χ1v) is 31.0. The number of nitrogens with zero attached hydrogens (tertiary/aromatic N) is 3. The van der Waals surface area contributed by atoms with Crippen LogP contribution >= 0.6 is 15.9 Å². The molecule has 0 saturated carbocycles. The van der Waals surface area contributed by atoms with Gasteiger partial charge in [-0.05, 0) is 166 Å². The maximum atomic E-state index is 3.53. The Morgan fingerprint density at radius 1 is 0.191 bits per heavy atom. The van der Waals surface area contributed by atoms with Crippen molar-refractivity contribution in [3.05, 3.63) is 344 Å². The molecule has 0 aliphatic heterocycles. The average molecular weight is 1200 g/mol. The molecule has 5 heteroatoms. The second-order valence-electron chi connectivity index (χ2n) is 22.6. The van der Waals surface area contributed by atoms with Crippen molar-refractivity contribution < 1.29 is 0 Å². The lowest BCUT2D eigenvalue weighted by molar-refractivity contribution is 1.18. The number of H-pyrrole nitrogens is 1. The number of nitrogens with one attached hydrogen (secondary N) is 1. The van der Waals surface area contributed by atoms with Crippen molar-refractivity contribution in [2.45, 2.75) is 0 Å². The first-order chi connectivity index (χ1) is 44.1. The quantitative estimate of drug-likeness (QED) is 0.165. The van der Waals surface area contributed by atoms with Gasteiger partial charge in [0.1, 0.15) is 0 Å². The van der Waals surface area contributed by atoms with Crippen LogP contribution in [0.2, 0.25) is 0 Å². The summed E-state index contributed by atoms with van der Waals surface area (Å²) >= 11 is 3.42. The molecule has 0 spiro atoms. The van der Waals surface area contributed by atoms with E-state index in [-0.39, 0.29) is 0 Å². The van der Waals surface area contributed by atoms with Crippen LogP contribution in [0.4, 0.5) is 0 Å². The highest BCUT2D eigenvalue weighted by molar-refractivity contribution is 9.10. The summed E-state index contributed by atoms with van der Waals surface area (Å²) in [6.07, 6.45) is 0. The SMILES string of the molecule is Brc1ccc(-c2ccccc2)cc1.c1ccc(-c2ccc(-n3c4ccccc4c4cc(-c5ccc6c(c5)c5ccccc5n6-c5ccccc5)ccc43)cc2)cc1.c1ccc(-n2c3ccccc3c3cc(-c4ccc5[nH]c6ccccc6c5c4)ccc32)cc1. The van der Waals surface area contributed by atoms with E-state index in [4.69, 9.17) is 0 Å². The van der Waals surface area contributed by atoms with E-state index < -0.39 is 0 Å². The number of hydrogen-bond donors (Lipinski definition) is 1. The largest absolute Gasteiger partial charge is 0.355 e. The Labute approximate surface area is 524 Å². The van der Waals surface area contributed by atoms with Crippen molar-refractivity contribution in [2.24, 2.45) is 0 Å². The van der Waals surface area contributed by atoms with Crippen molar-refractivity contribution in [3.63, 3.8) is 0 Å². The van der Waals surface area contributed by atoms with Crippen molar-refractivity contribution in [2.75, 3.05) is 0 Å². The molecule has 4 heterocycles. The zero-order valence-corrected chi connectivity index (χ0v) is 50.1. The predicted octanol–water partition coefficient (Wildman–Crippen LogP) is 23.4. The molecule has 420 valence electrons. The average Bonchev–Trinajstić information content (AvgIpc) is 1.76. The van der Waals surface area contributed by atoms with Gasteiger partial charge in [0, 0.05) is 75.7 Å². The topological polar surface area (TPSA) is 30.6 Å². The van der Waals surface area contributed by atoms with Gasteiger partial charge in [-0.2, -0.15) is 0 Å². The van der Waals surface area contributed by atoms with E-state index in [1.807, 2.05) is 6.07 Å². The lowest BCUT2D eigenvalue weighted by Gasteiger charge is -2.10. The number of fused-ring (bicyclic) bond motifs is 12. The predicted molar refractivity (Wildman–Crippen MR) is 381 cm³/mol. The highest BCUT2D eigenvalue weighted by atomic mass is 79.9. The third-order valence-corrected chi connectivity index (χ3v) is 17.9. The molecular formula is C84H57BrN4. The van der Waals surface area contributed by atoms with E-state index in [0.29, 0.717) is 0 Å². The van der Waals surface area contributed by atoms with Crippen LogP contribution in [0.1, 0.15) is 0 Å². The minimum absolute atomic E-state index is 1.12. The normalized spacial score (nSPS) is 11.4. The number of aromatic amines is 1. The molecule has 18 rings (SSSR count). The molecule has 4 nitrogen and oxygen atoms in total. The smallest absolute Gasteiger partial charge is 0.0541 e. The van der Waals surface area contributed by atoms with Gasteiger partial charge in [-0.3, -0.25) is 0 Å². The lowest BCUT2D eigenvalue weighted by atomic mass is 10.0. The summed E-state index contributed by atoms with van der Waals surface area (Å²) in [7, 11) is 0. The van der Waals surface area contributed by atoms with Crippen LogP contribution in [0.5, 0.6) is 0 Å². The van der Waals surface area contributed by atoms with E-state index in [0.717, 1.165) is 4.47 Å². The first-order valence-electron chi connectivity index (χ1n) is 30.2. The molecular weight excluding hydrogens is 1140 g/mol. The molecule has 0 atom stereocenters. The third-order valence-electron chi connectivity index (χ3n) is 17.4. The molecule has 0 fully saturated rings. The fraction of sp³-hybridized carbons (Fsp3) is 0. The van der Waals surface area contributed by atoms with E-state index in [9.17, 15) is 0 Å². The van der Waals surface area contributed by atoms with Gasteiger partial charge < -0.3 is 18.7 Å². The molecule has 14 aromatic carbocycles. The van der Waals surface area contributed by atoms with Gasteiger partial charge in [-0.1, -0.05) is 234 Å². The number of hydrogen-bond acceptors (Lipinski definition) is 0. The summed E-state index contributed by atoms with van der Waals surface area (Å²) in [6, 6.07) is 121. The summed E-state index contributed by atoms with van der Waals surface area (Å²) in [6.45, 7) is 0. The Hall–Kier alpha value is -11.2. The van der Waals surface area contributed by atoms with Crippen LogP contribution in [-0.2, 0) is 0 Å². The van der Waals surface area contributed by atoms with Gasteiger partial charge in [-0.15, -0.1) is 0 Å². The fourth-order valence-electron chi connectivity index (χ4n) is 13.2. The van der Waals surface area contributed by atoms with Crippen LogP contribution in [0.3, 0.4) is 0 Å². The van der Waals surface area contributed by atoms with Crippen LogP contribution < -0.4 is 0 Å². The monoisotopic (exact) mass is 1200 g/mol. The van der Waals surface area contributed by atoms with E-state index in [2.05, 4.69) is 368 Å². The molecule has 0 aliphatic rings. The Balaban J connectivity index is 0.000000123. The minimum atomic E-state index is 1.12. The summed E-state index contributed by atoms with van der Waals surface area (Å²) in [4.78, 5) is 3.53. The number of benzene rings is 14. The Kier molecular flexibility index (Phi) is 13.7. The molecule has 0 unspecified atom stereocenters. The number of halogens is 1. The van der Waals surface area contributed by atoms with Gasteiger partial charge in [0.2, 0.25) is 0 Å². The molecule has 1 N–H and O–H groups in total. The second-order valence-corrected chi connectivity index (χ2v) is 23.6. The molecule has 0 saturated heterocycles. The minimum Gasteiger partial charge on any atom is -0.355 e. The Bertz CT molecular complexity index is 5580. The number of rotatable bonds is 7. The summed E-state index contributed by atoms with van der Waals surface area (Å²) in [5.74, 6) is 0. The summed E-state index contributed by atoms with van der Waals surface area (Å²) in [5.41, 5.74) is 23.1. The third kappa shape index (κ3) is 9.84. The Morgan fingerprint density at radius 3 is 0.899 bits per heavy atom.